The van der Waals surface area contributed by atoms with Gasteiger partial charge in [0.1, 0.15) is 5.75 Å². The van der Waals surface area contributed by atoms with E-state index in [1.54, 1.807) is 25.3 Å². The number of benzene rings is 2. The average molecular weight is 345 g/mol. The van der Waals surface area contributed by atoms with Gasteiger partial charge in [-0.25, -0.2) is 4.99 Å². The van der Waals surface area contributed by atoms with Gasteiger partial charge >= 0.3 is 0 Å². The molecule has 1 aliphatic heterocycles. The molecule has 2 aromatic carbocycles. The van der Waals surface area contributed by atoms with E-state index in [1.807, 2.05) is 36.4 Å². The van der Waals surface area contributed by atoms with Crippen molar-refractivity contribution in [3.63, 3.8) is 0 Å². The van der Waals surface area contributed by atoms with Gasteiger partial charge in [-0.1, -0.05) is 35.9 Å². The van der Waals surface area contributed by atoms with Crippen molar-refractivity contribution in [1.82, 2.24) is 5.32 Å². The monoisotopic (exact) mass is 344 g/mol. The van der Waals surface area contributed by atoms with Crippen molar-refractivity contribution in [3.8, 4) is 5.75 Å². The second-order valence-corrected chi connectivity index (χ2v) is 6.17. The summed E-state index contributed by atoms with van der Waals surface area (Å²) in [7, 11) is 1.60. The van der Waals surface area contributed by atoms with E-state index in [4.69, 9.17) is 16.3 Å². The molecule has 23 heavy (non-hydrogen) atoms. The molecule has 0 bridgehead atoms. The summed E-state index contributed by atoms with van der Waals surface area (Å²) in [5, 5.41) is 3.88. The maximum absolute atomic E-state index is 12.1. The van der Waals surface area contributed by atoms with E-state index in [1.165, 1.54) is 11.8 Å². The summed E-state index contributed by atoms with van der Waals surface area (Å²) in [6, 6.07) is 14.7. The third kappa shape index (κ3) is 3.75. The lowest BCUT2D eigenvalue weighted by Gasteiger charge is -2.03. The second-order valence-electron chi connectivity index (χ2n) is 4.70. The van der Waals surface area contributed by atoms with Crippen molar-refractivity contribution in [2.24, 2.45) is 4.99 Å². The Morgan fingerprint density at radius 1 is 1.22 bits per heavy atom. The normalized spacial score (nSPS) is 17.6. The maximum Gasteiger partial charge on any atom is 0.264 e. The molecule has 3 rings (SSSR count). The van der Waals surface area contributed by atoms with E-state index in [-0.39, 0.29) is 5.91 Å². The summed E-state index contributed by atoms with van der Waals surface area (Å²) < 4.78 is 5.30. The lowest BCUT2D eigenvalue weighted by atomic mass is 10.2. The highest BCUT2D eigenvalue weighted by molar-refractivity contribution is 8.18. The molecule has 0 radical (unpaired) electrons. The third-order valence-electron chi connectivity index (χ3n) is 3.12. The highest BCUT2D eigenvalue weighted by atomic mass is 35.5. The number of para-hydroxylation sites is 1. The number of carbonyl (C=O) groups excluding carboxylic acids is 1. The number of amides is 1. The lowest BCUT2D eigenvalue weighted by Crippen LogP contribution is -2.19. The van der Waals surface area contributed by atoms with Crippen molar-refractivity contribution >= 4 is 46.2 Å². The number of hydrogen-bond donors (Lipinski definition) is 1. The van der Waals surface area contributed by atoms with Crippen LogP contribution >= 0.6 is 23.4 Å². The molecule has 1 amide bonds. The van der Waals surface area contributed by atoms with Gasteiger partial charge in [0.25, 0.3) is 5.91 Å². The van der Waals surface area contributed by atoms with E-state index >= 15 is 0 Å². The van der Waals surface area contributed by atoms with Crippen LogP contribution in [0.2, 0.25) is 5.02 Å². The number of halogens is 1. The molecule has 1 N–H and O–H groups in total. The van der Waals surface area contributed by atoms with Crippen molar-refractivity contribution in [2.45, 2.75) is 0 Å². The van der Waals surface area contributed by atoms with Crippen molar-refractivity contribution in [2.75, 3.05) is 7.11 Å². The molecule has 1 heterocycles. The summed E-state index contributed by atoms with van der Waals surface area (Å²) in [4.78, 5) is 17.1. The number of hydrogen-bond acceptors (Lipinski definition) is 4. The van der Waals surface area contributed by atoms with E-state index < -0.39 is 0 Å². The van der Waals surface area contributed by atoms with Crippen LogP contribution in [0.1, 0.15) is 5.56 Å². The number of amidine groups is 1. The Morgan fingerprint density at radius 3 is 2.83 bits per heavy atom. The zero-order chi connectivity index (χ0) is 16.2. The van der Waals surface area contributed by atoms with Crippen LogP contribution in [0.3, 0.4) is 0 Å². The topological polar surface area (TPSA) is 50.7 Å². The number of nitrogens with one attached hydrogen (secondary N) is 1. The Morgan fingerprint density at radius 2 is 2.04 bits per heavy atom. The summed E-state index contributed by atoms with van der Waals surface area (Å²) >= 11 is 7.22. The molecule has 2 aromatic rings. The SMILES string of the molecule is COc1ccccc1C=C1SC(=Nc2cccc(Cl)c2)NC1=O. The van der Waals surface area contributed by atoms with Crippen LogP contribution < -0.4 is 10.1 Å². The van der Waals surface area contributed by atoms with Crippen LogP contribution in [0.5, 0.6) is 5.75 Å². The van der Waals surface area contributed by atoms with Gasteiger partial charge in [0.2, 0.25) is 0 Å². The third-order valence-corrected chi connectivity index (χ3v) is 4.26. The van der Waals surface area contributed by atoms with Crippen LogP contribution in [0.15, 0.2) is 58.4 Å². The van der Waals surface area contributed by atoms with E-state index in [0.29, 0.717) is 26.5 Å². The lowest BCUT2D eigenvalue weighted by molar-refractivity contribution is -0.115. The minimum Gasteiger partial charge on any atom is -0.496 e. The summed E-state index contributed by atoms with van der Waals surface area (Å²) in [6.45, 7) is 0. The molecule has 0 aliphatic carbocycles. The zero-order valence-corrected chi connectivity index (χ0v) is 13.8. The first-order valence-electron chi connectivity index (χ1n) is 6.84. The van der Waals surface area contributed by atoms with Gasteiger partial charge < -0.3 is 10.1 Å². The zero-order valence-electron chi connectivity index (χ0n) is 12.2. The molecular weight excluding hydrogens is 332 g/mol. The average Bonchev–Trinajstić information content (AvgIpc) is 2.87. The number of carbonyl (C=O) groups is 1. The number of rotatable bonds is 3. The molecule has 0 unspecified atom stereocenters. The van der Waals surface area contributed by atoms with Crippen LogP contribution in [0.25, 0.3) is 6.08 Å². The quantitative estimate of drug-likeness (QED) is 0.847. The Balaban J connectivity index is 1.86. The van der Waals surface area contributed by atoms with Crippen molar-refractivity contribution < 1.29 is 9.53 Å². The fourth-order valence-corrected chi connectivity index (χ4v) is 3.09. The molecule has 0 aromatic heterocycles. The number of nitrogens with zero attached hydrogens (tertiary/aromatic N) is 1. The Bertz CT molecular complexity index is 818. The van der Waals surface area contributed by atoms with Crippen LogP contribution in [0, 0.1) is 0 Å². The largest absolute Gasteiger partial charge is 0.496 e. The minimum absolute atomic E-state index is 0.179. The van der Waals surface area contributed by atoms with Crippen molar-refractivity contribution in [1.29, 1.82) is 0 Å². The predicted molar refractivity (Wildman–Crippen MR) is 95.3 cm³/mol. The van der Waals surface area contributed by atoms with Gasteiger partial charge in [0, 0.05) is 10.6 Å². The minimum atomic E-state index is -0.179. The Hall–Kier alpha value is -2.24. The number of methoxy groups -OCH3 is 1. The van der Waals surface area contributed by atoms with Gasteiger partial charge in [0.05, 0.1) is 17.7 Å². The molecule has 116 valence electrons. The molecule has 1 saturated heterocycles. The maximum atomic E-state index is 12.1. The Labute approximate surface area is 143 Å². The number of aliphatic imine (C=N–C) groups is 1. The van der Waals surface area contributed by atoms with Gasteiger partial charge in [-0.3, -0.25) is 4.79 Å². The van der Waals surface area contributed by atoms with E-state index in [0.717, 1.165) is 5.56 Å². The summed E-state index contributed by atoms with van der Waals surface area (Å²) in [6.07, 6.45) is 1.79. The number of thioether (sulfide) groups is 1. The molecule has 1 aliphatic rings. The predicted octanol–water partition coefficient (Wildman–Crippen LogP) is 4.24. The van der Waals surface area contributed by atoms with Crippen LogP contribution in [-0.4, -0.2) is 18.2 Å². The van der Waals surface area contributed by atoms with Gasteiger partial charge in [0.15, 0.2) is 5.17 Å². The smallest absolute Gasteiger partial charge is 0.264 e. The molecule has 0 saturated carbocycles. The summed E-state index contributed by atoms with van der Waals surface area (Å²) in [5.74, 6) is 0.537. The Kier molecular flexibility index (Phi) is 4.69. The first-order valence-corrected chi connectivity index (χ1v) is 8.03. The second kappa shape index (κ2) is 6.89. The molecule has 4 nitrogen and oxygen atoms in total. The fourth-order valence-electron chi connectivity index (χ4n) is 2.07. The van der Waals surface area contributed by atoms with Crippen LogP contribution in [-0.2, 0) is 4.79 Å². The highest BCUT2D eigenvalue weighted by Gasteiger charge is 2.24. The molecule has 1 fully saturated rings. The van der Waals surface area contributed by atoms with Gasteiger partial charge in [-0.2, -0.15) is 0 Å². The number of ether oxygens (including phenoxy) is 1. The van der Waals surface area contributed by atoms with Gasteiger partial charge in [-0.15, -0.1) is 0 Å². The first kappa shape index (κ1) is 15.6. The van der Waals surface area contributed by atoms with Crippen molar-refractivity contribution in [3.05, 3.63) is 64.0 Å². The van der Waals surface area contributed by atoms with E-state index in [2.05, 4.69) is 10.3 Å². The molecular formula is C17H13ClN2O2S. The van der Waals surface area contributed by atoms with Gasteiger partial charge in [-0.05, 0) is 42.1 Å². The molecule has 0 spiro atoms. The van der Waals surface area contributed by atoms with E-state index in [9.17, 15) is 4.79 Å². The standard InChI is InChI=1S/C17H13ClN2O2S/c1-22-14-8-3-2-5-11(14)9-15-16(21)20-17(23-15)19-13-7-4-6-12(18)10-13/h2-10H,1H3,(H,19,20,21). The highest BCUT2D eigenvalue weighted by Crippen LogP contribution is 2.30. The first-order chi connectivity index (χ1) is 11.2. The van der Waals surface area contributed by atoms with Crippen LogP contribution in [0.4, 0.5) is 5.69 Å². The summed E-state index contributed by atoms with van der Waals surface area (Å²) in [5.41, 5.74) is 1.54. The molecule has 6 heteroatoms. The fraction of sp³-hybridized carbons (Fsp3) is 0.0588. The molecule has 0 atom stereocenters.